The fraction of sp³-hybridized carbons (Fsp3) is 0.261. The third-order valence-electron chi connectivity index (χ3n) is 4.95. The van der Waals surface area contributed by atoms with Crippen LogP contribution in [-0.4, -0.2) is 55.0 Å². The average Bonchev–Trinajstić information content (AvgIpc) is 2.98. The minimum atomic E-state index is -0.495. The van der Waals surface area contributed by atoms with Gasteiger partial charge in [0.15, 0.2) is 0 Å². The molecule has 8 nitrogen and oxygen atoms in total. The minimum absolute atomic E-state index is 0.177. The SMILES string of the molecule is COc1ccc(C)cc1N1C(=O)C(c2ccc(NC(C)=O)cc2)=C(N(C)CCO)C1=O. The van der Waals surface area contributed by atoms with E-state index >= 15 is 0 Å². The molecular formula is C23H25N3O5. The highest BCUT2D eigenvalue weighted by Gasteiger charge is 2.42. The molecule has 0 aromatic heterocycles. The molecule has 0 fully saturated rings. The van der Waals surface area contributed by atoms with Gasteiger partial charge in [-0.3, -0.25) is 14.4 Å². The van der Waals surface area contributed by atoms with Crippen LogP contribution in [-0.2, 0) is 14.4 Å². The van der Waals surface area contributed by atoms with E-state index in [1.54, 1.807) is 48.3 Å². The predicted octanol–water partition coefficient (Wildman–Crippen LogP) is 2.17. The van der Waals surface area contributed by atoms with E-state index in [9.17, 15) is 19.5 Å². The van der Waals surface area contributed by atoms with Crippen molar-refractivity contribution in [1.82, 2.24) is 4.90 Å². The van der Waals surface area contributed by atoms with Crippen LogP contribution in [0.3, 0.4) is 0 Å². The summed E-state index contributed by atoms with van der Waals surface area (Å²) >= 11 is 0. The van der Waals surface area contributed by atoms with Gasteiger partial charge in [0.05, 0.1) is 25.0 Å². The summed E-state index contributed by atoms with van der Waals surface area (Å²) in [6.07, 6.45) is 0. The summed E-state index contributed by atoms with van der Waals surface area (Å²) in [5.41, 5.74) is 2.75. The Labute approximate surface area is 180 Å². The number of amides is 3. The number of imide groups is 1. The Balaban J connectivity index is 2.12. The van der Waals surface area contributed by atoms with Gasteiger partial charge < -0.3 is 20.1 Å². The maximum absolute atomic E-state index is 13.5. The van der Waals surface area contributed by atoms with Crippen molar-refractivity contribution in [2.45, 2.75) is 13.8 Å². The Morgan fingerprint density at radius 2 is 1.81 bits per heavy atom. The summed E-state index contributed by atoms with van der Waals surface area (Å²) in [5, 5.41) is 12.1. The third-order valence-corrected chi connectivity index (χ3v) is 4.95. The Kier molecular flexibility index (Phi) is 6.41. The third kappa shape index (κ3) is 4.29. The van der Waals surface area contributed by atoms with Crippen molar-refractivity contribution in [2.75, 3.05) is 37.5 Å². The van der Waals surface area contributed by atoms with Crippen molar-refractivity contribution in [3.63, 3.8) is 0 Å². The van der Waals surface area contributed by atoms with Gasteiger partial charge >= 0.3 is 0 Å². The van der Waals surface area contributed by atoms with Crippen molar-refractivity contribution in [3.8, 4) is 5.75 Å². The van der Waals surface area contributed by atoms with Gasteiger partial charge in [-0.25, -0.2) is 4.90 Å². The summed E-state index contributed by atoms with van der Waals surface area (Å²) in [6, 6.07) is 12.0. The van der Waals surface area contributed by atoms with Crippen LogP contribution in [0.2, 0.25) is 0 Å². The van der Waals surface area contributed by atoms with Crippen LogP contribution >= 0.6 is 0 Å². The number of methoxy groups -OCH3 is 1. The number of carbonyl (C=O) groups is 3. The number of nitrogens with zero attached hydrogens (tertiary/aromatic N) is 2. The average molecular weight is 423 g/mol. The molecular weight excluding hydrogens is 398 g/mol. The Morgan fingerprint density at radius 1 is 1.13 bits per heavy atom. The zero-order valence-corrected chi connectivity index (χ0v) is 17.9. The molecule has 0 bridgehead atoms. The summed E-state index contributed by atoms with van der Waals surface area (Å²) in [7, 11) is 3.13. The number of carbonyl (C=O) groups excluding carboxylic acids is 3. The van der Waals surface area contributed by atoms with E-state index < -0.39 is 11.8 Å². The fourth-order valence-electron chi connectivity index (χ4n) is 3.51. The van der Waals surface area contributed by atoms with E-state index in [1.807, 2.05) is 13.0 Å². The van der Waals surface area contributed by atoms with Gasteiger partial charge in [0, 0.05) is 26.2 Å². The van der Waals surface area contributed by atoms with Crippen molar-refractivity contribution >= 4 is 34.7 Å². The molecule has 2 aromatic rings. The van der Waals surface area contributed by atoms with E-state index in [1.165, 1.54) is 14.0 Å². The molecule has 1 heterocycles. The monoisotopic (exact) mass is 423 g/mol. The van der Waals surface area contributed by atoms with Gasteiger partial charge in [-0.05, 0) is 42.3 Å². The molecule has 0 saturated heterocycles. The van der Waals surface area contributed by atoms with Crippen molar-refractivity contribution in [1.29, 1.82) is 0 Å². The number of aliphatic hydroxyl groups excluding tert-OH is 1. The maximum atomic E-state index is 13.5. The number of rotatable bonds is 7. The highest BCUT2D eigenvalue weighted by Crippen LogP contribution is 2.38. The van der Waals surface area contributed by atoms with E-state index in [2.05, 4.69) is 5.32 Å². The zero-order chi connectivity index (χ0) is 22.7. The predicted molar refractivity (Wildman–Crippen MR) is 118 cm³/mol. The Bertz CT molecular complexity index is 1060. The number of benzene rings is 2. The van der Waals surface area contributed by atoms with Gasteiger partial charge in [0.25, 0.3) is 11.8 Å². The lowest BCUT2D eigenvalue weighted by atomic mass is 10.0. The van der Waals surface area contributed by atoms with Crippen LogP contribution in [0.25, 0.3) is 5.57 Å². The molecule has 0 radical (unpaired) electrons. The smallest absolute Gasteiger partial charge is 0.282 e. The topological polar surface area (TPSA) is 99.2 Å². The number of aryl methyl sites for hydroxylation is 1. The van der Waals surface area contributed by atoms with Crippen molar-refractivity contribution < 1.29 is 24.2 Å². The van der Waals surface area contributed by atoms with E-state index in [4.69, 9.17) is 4.74 Å². The lowest BCUT2D eigenvalue weighted by Gasteiger charge is -2.21. The lowest BCUT2D eigenvalue weighted by Crippen LogP contribution is -2.35. The van der Waals surface area contributed by atoms with Crippen LogP contribution < -0.4 is 15.0 Å². The minimum Gasteiger partial charge on any atom is -0.495 e. The molecule has 3 rings (SSSR count). The van der Waals surface area contributed by atoms with E-state index in [0.717, 1.165) is 10.5 Å². The van der Waals surface area contributed by atoms with E-state index in [-0.39, 0.29) is 30.3 Å². The molecule has 2 N–H and O–H groups in total. The zero-order valence-electron chi connectivity index (χ0n) is 17.9. The molecule has 2 aromatic carbocycles. The first-order valence-corrected chi connectivity index (χ1v) is 9.76. The second-order valence-electron chi connectivity index (χ2n) is 7.25. The molecule has 0 atom stereocenters. The second kappa shape index (κ2) is 9.01. The molecule has 1 aliphatic rings. The molecule has 0 saturated carbocycles. The standard InChI is InChI=1S/C23H25N3O5/c1-14-5-10-19(31-4)18(13-14)26-22(29)20(21(23(26)30)25(3)11-12-27)16-6-8-17(9-7-16)24-15(2)28/h5-10,13,27H,11-12H2,1-4H3,(H,24,28). The van der Waals surface area contributed by atoms with Crippen LogP contribution in [0.15, 0.2) is 48.2 Å². The van der Waals surface area contributed by atoms with Crippen LogP contribution in [0.1, 0.15) is 18.1 Å². The quantitative estimate of drug-likeness (QED) is 0.663. The van der Waals surface area contributed by atoms with Gasteiger partial charge in [0.2, 0.25) is 5.91 Å². The normalized spacial score (nSPS) is 13.6. The van der Waals surface area contributed by atoms with Gasteiger partial charge in [-0.15, -0.1) is 0 Å². The number of aliphatic hydroxyl groups is 1. The number of hydrogen-bond acceptors (Lipinski definition) is 6. The maximum Gasteiger partial charge on any atom is 0.282 e. The summed E-state index contributed by atoms with van der Waals surface area (Å²) < 4.78 is 5.39. The largest absolute Gasteiger partial charge is 0.495 e. The van der Waals surface area contributed by atoms with Crippen LogP contribution in [0.5, 0.6) is 5.75 Å². The molecule has 3 amide bonds. The first kappa shape index (κ1) is 22.0. The van der Waals surface area contributed by atoms with Crippen LogP contribution in [0.4, 0.5) is 11.4 Å². The summed E-state index contributed by atoms with van der Waals surface area (Å²) in [4.78, 5) is 40.9. The second-order valence-corrected chi connectivity index (χ2v) is 7.25. The van der Waals surface area contributed by atoms with Gasteiger partial charge in [-0.2, -0.15) is 0 Å². The molecule has 0 spiro atoms. The Hall–Kier alpha value is -3.65. The number of ether oxygens (including phenoxy) is 1. The highest BCUT2D eigenvalue weighted by atomic mass is 16.5. The van der Waals surface area contributed by atoms with Gasteiger partial charge in [0.1, 0.15) is 11.4 Å². The number of nitrogens with one attached hydrogen (secondary N) is 1. The number of hydrogen-bond donors (Lipinski definition) is 2. The molecule has 0 unspecified atom stereocenters. The molecule has 1 aliphatic heterocycles. The van der Waals surface area contributed by atoms with Gasteiger partial charge in [-0.1, -0.05) is 18.2 Å². The fourth-order valence-corrected chi connectivity index (χ4v) is 3.51. The summed E-state index contributed by atoms with van der Waals surface area (Å²) in [5.74, 6) is -0.786. The van der Waals surface area contributed by atoms with Crippen molar-refractivity contribution in [3.05, 3.63) is 59.3 Å². The molecule has 8 heteroatoms. The molecule has 31 heavy (non-hydrogen) atoms. The van der Waals surface area contributed by atoms with Crippen molar-refractivity contribution in [2.24, 2.45) is 0 Å². The number of anilines is 2. The van der Waals surface area contributed by atoms with Crippen LogP contribution in [0, 0.1) is 6.92 Å². The molecule has 0 aliphatic carbocycles. The molecule has 162 valence electrons. The first-order chi connectivity index (χ1) is 14.8. The highest BCUT2D eigenvalue weighted by molar-refractivity contribution is 6.45. The van der Waals surface area contributed by atoms with E-state index in [0.29, 0.717) is 22.7 Å². The number of likely N-dealkylation sites (N-methyl/N-ethyl adjacent to an activating group) is 1. The lowest BCUT2D eigenvalue weighted by molar-refractivity contribution is -0.120. The first-order valence-electron chi connectivity index (χ1n) is 9.76. The summed E-state index contributed by atoms with van der Waals surface area (Å²) in [6.45, 7) is 3.27. The Morgan fingerprint density at radius 3 is 2.39 bits per heavy atom.